The fraction of sp³-hybridized carbons (Fsp3) is 0.388. The molecule has 7 rings (SSSR count). The van der Waals surface area contributed by atoms with Crippen LogP contribution < -0.4 is 14.4 Å². The lowest BCUT2D eigenvalue weighted by Gasteiger charge is -2.45. The van der Waals surface area contributed by atoms with Crippen molar-refractivity contribution in [2.75, 3.05) is 18.1 Å². The summed E-state index contributed by atoms with van der Waals surface area (Å²) in [6.07, 6.45) is 14.8. The molecule has 0 fully saturated rings. The van der Waals surface area contributed by atoms with E-state index < -0.39 is 5.41 Å². The molecule has 1 aliphatic carbocycles. The summed E-state index contributed by atoms with van der Waals surface area (Å²) in [7, 11) is 0. The Labute approximate surface area is 341 Å². The standard InChI is InChI=1S/C47H51Br2NO2.C2H6/c1-3-5-7-9-11-17-27-51-37-31-36(32-38(33-37)52-28-18-12-10-8-6-4-2)50-45-21-15-13-19-41(45)47(42-20-14-16-22-46(42)50)43-29-34(48)23-25-39(43)40-26-24-35(49)30-44(40)47;1-2/h13-16,19-26,29-33H,3-12,17-18,27-28H2,1-2H3;1-2H3. The Hall–Kier alpha value is -3.54. The largest absolute Gasteiger partial charge is 0.493 e. The lowest BCUT2D eigenvalue weighted by molar-refractivity contribution is 0.290. The Balaban J connectivity index is 0.00000245. The van der Waals surface area contributed by atoms with Gasteiger partial charge in [0.1, 0.15) is 11.5 Å². The number of halogens is 2. The van der Waals surface area contributed by atoms with Crippen molar-refractivity contribution in [2.24, 2.45) is 0 Å². The quantitative estimate of drug-likeness (QED) is 0.0852. The van der Waals surface area contributed by atoms with Crippen LogP contribution in [-0.2, 0) is 5.41 Å². The van der Waals surface area contributed by atoms with Gasteiger partial charge < -0.3 is 14.4 Å². The van der Waals surface area contributed by atoms with Gasteiger partial charge in [-0.1, -0.05) is 172 Å². The minimum atomic E-state index is -0.495. The fourth-order valence-corrected chi connectivity index (χ4v) is 9.09. The first kappa shape index (κ1) is 40.1. The molecule has 1 spiro atoms. The van der Waals surface area contributed by atoms with E-state index in [1.807, 2.05) is 13.8 Å². The zero-order valence-corrected chi connectivity index (χ0v) is 35.9. The maximum atomic E-state index is 6.53. The van der Waals surface area contributed by atoms with E-state index >= 15 is 0 Å². The molecule has 0 saturated heterocycles. The summed E-state index contributed by atoms with van der Waals surface area (Å²) in [5.74, 6) is 1.73. The lowest BCUT2D eigenvalue weighted by atomic mass is 9.64. The first-order valence-corrected chi connectivity index (χ1v) is 22.1. The summed E-state index contributed by atoms with van der Waals surface area (Å²) < 4.78 is 15.2. The van der Waals surface area contributed by atoms with Crippen LogP contribution in [0.4, 0.5) is 17.1 Å². The predicted molar refractivity (Wildman–Crippen MR) is 236 cm³/mol. The minimum Gasteiger partial charge on any atom is -0.493 e. The van der Waals surface area contributed by atoms with Crippen molar-refractivity contribution in [2.45, 2.75) is 110 Å². The number of hydrogen-bond donors (Lipinski definition) is 0. The highest BCUT2D eigenvalue weighted by molar-refractivity contribution is 9.10. The third kappa shape index (κ3) is 8.33. The number of unbranched alkanes of at least 4 members (excludes halogenated alkanes) is 10. The van der Waals surface area contributed by atoms with Crippen molar-refractivity contribution in [3.8, 4) is 22.6 Å². The van der Waals surface area contributed by atoms with Gasteiger partial charge in [-0.25, -0.2) is 0 Å². The van der Waals surface area contributed by atoms with Crippen molar-refractivity contribution in [1.29, 1.82) is 0 Å². The lowest BCUT2D eigenvalue weighted by Crippen LogP contribution is -2.36. The molecule has 5 aromatic carbocycles. The van der Waals surface area contributed by atoms with Crippen LogP contribution in [0.5, 0.6) is 11.5 Å². The van der Waals surface area contributed by atoms with E-state index in [0.29, 0.717) is 13.2 Å². The molecular formula is C49H57Br2NO2. The molecule has 5 aromatic rings. The Bertz CT molecular complexity index is 1850. The molecule has 0 N–H and O–H groups in total. The summed E-state index contributed by atoms with van der Waals surface area (Å²) in [5, 5.41) is 0. The zero-order chi connectivity index (χ0) is 37.9. The number of rotatable bonds is 17. The molecule has 0 radical (unpaired) electrons. The summed E-state index contributed by atoms with van der Waals surface area (Å²) in [4.78, 5) is 2.43. The van der Waals surface area contributed by atoms with Crippen molar-refractivity contribution >= 4 is 48.9 Å². The highest BCUT2D eigenvalue weighted by Crippen LogP contribution is 2.64. The van der Waals surface area contributed by atoms with Gasteiger partial charge in [0.05, 0.1) is 35.7 Å². The number of nitrogens with zero attached hydrogens (tertiary/aromatic N) is 1. The second-order valence-electron chi connectivity index (χ2n) is 14.4. The minimum absolute atomic E-state index is 0.495. The van der Waals surface area contributed by atoms with Crippen LogP contribution in [0.1, 0.15) is 127 Å². The maximum absolute atomic E-state index is 6.53. The molecule has 2 aliphatic rings. The smallest absolute Gasteiger partial charge is 0.125 e. The van der Waals surface area contributed by atoms with Gasteiger partial charge in [-0.15, -0.1) is 0 Å². The number of para-hydroxylation sites is 2. The van der Waals surface area contributed by atoms with Gasteiger partial charge in [0.2, 0.25) is 0 Å². The van der Waals surface area contributed by atoms with E-state index in [-0.39, 0.29) is 0 Å². The highest BCUT2D eigenvalue weighted by Gasteiger charge is 2.51. The van der Waals surface area contributed by atoms with Crippen LogP contribution in [-0.4, -0.2) is 13.2 Å². The first-order valence-electron chi connectivity index (χ1n) is 20.6. The maximum Gasteiger partial charge on any atom is 0.125 e. The second-order valence-corrected chi connectivity index (χ2v) is 16.2. The van der Waals surface area contributed by atoms with Gasteiger partial charge in [-0.2, -0.15) is 0 Å². The van der Waals surface area contributed by atoms with E-state index in [1.165, 1.54) is 97.6 Å². The molecule has 0 bridgehead atoms. The van der Waals surface area contributed by atoms with E-state index in [4.69, 9.17) is 9.47 Å². The summed E-state index contributed by atoms with van der Waals surface area (Å²) in [6, 6.07) is 38.0. The van der Waals surface area contributed by atoms with Gasteiger partial charge in [-0.3, -0.25) is 0 Å². The van der Waals surface area contributed by atoms with E-state index in [9.17, 15) is 0 Å². The van der Waals surface area contributed by atoms with Crippen LogP contribution >= 0.6 is 31.9 Å². The van der Waals surface area contributed by atoms with Crippen LogP contribution in [0.3, 0.4) is 0 Å². The second kappa shape index (κ2) is 19.4. The van der Waals surface area contributed by atoms with Gasteiger partial charge >= 0.3 is 0 Å². The first-order chi connectivity index (χ1) is 26.6. The van der Waals surface area contributed by atoms with Gasteiger partial charge in [0.15, 0.2) is 0 Å². The molecule has 0 unspecified atom stereocenters. The molecular weight excluding hydrogens is 794 g/mol. The third-order valence-electron chi connectivity index (χ3n) is 10.8. The fourth-order valence-electron chi connectivity index (χ4n) is 8.37. The van der Waals surface area contributed by atoms with Crippen molar-refractivity contribution in [3.63, 3.8) is 0 Å². The molecule has 1 aliphatic heterocycles. The zero-order valence-electron chi connectivity index (χ0n) is 32.7. The number of hydrogen-bond acceptors (Lipinski definition) is 3. The van der Waals surface area contributed by atoms with Gasteiger partial charge in [0, 0.05) is 27.1 Å². The van der Waals surface area contributed by atoms with Gasteiger partial charge in [-0.05, 0) is 82.6 Å². The topological polar surface area (TPSA) is 21.7 Å². The Morgan fingerprint density at radius 3 is 1.37 bits per heavy atom. The molecule has 0 saturated carbocycles. The Morgan fingerprint density at radius 2 is 0.907 bits per heavy atom. The molecule has 0 aromatic heterocycles. The molecule has 0 amide bonds. The molecule has 3 nitrogen and oxygen atoms in total. The van der Waals surface area contributed by atoms with Crippen molar-refractivity contribution in [1.82, 2.24) is 0 Å². The molecule has 0 atom stereocenters. The molecule has 284 valence electrons. The Morgan fingerprint density at radius 1 is 0.481 bits per heavy atom. The van der Waals surface area contributed by atoms with Crippen LogP contribution in [0.15, 0.2) is 112 Å². The normalized spacial score (nSPS) is 13.0. The SMILES string of the molecule is CC.CCCCCCCCOc1cc(OCCCCCCCC)cc(N2c3ccccc3C3(c4cc(Br)ccc4-c4ccc(Br)cc43)c3ccccc32)c1. The van der Waals surface area contributed by atoms with Crippen molar-refractivity contribution in [3.05, 3.63) is 134 Å². The average Bonchev–Trinajstić information content (AvgIpc) is 3.47. The summed E-state index contributed by atoms with van der Waals surface area (Å²) in [5.41, 5.74) is 10.6. The average molecular weight is 852 g/mol. The van der Waals surface area contributed by atoms with E-state index in [2.05, 4.69) is 154 Å². The van der Waals surface area contributed by atoms with Crippen LogP contribution in [0.25, 0.3) is 11.1 Å². The van der Waals surface area contributed by atoms with Crippen LogP contribution in [0, 0.1) is 0 Å². The monoisotopic (exact) mass is 849 g/mol. The Kier molecular flexibility index (Phi) is 14.4. The molecule has 5 heteroatoms. The number of ether oxygens (including phenoxy) is 2. The summed E-state index contributed by atoms with van der Waals surface area (Å²) in [6.45, 7) is 9.95. The van der Waals surface area contributed by atoms with E-state index in [0.717, 1.165) is 50.3 Å². The van der Waals surface area contributed by atoms with Gasteiger partial charge in [0.25, 0.3) is 0 Å². The number of fused-ring (bicyclic) bond motifs is 9. The third-order valence-corrected chi connectivity index (χ3v) is 11.8. The number of benzene rings is 5. The predicted octanol–water partition coefficient (Wildman–Crippen LogP) is 15.9. The number of anilines is 3. The summed E-state index contributed by atoms with van der Waals surface area (Å²) >= 11 is 7.71. The van der Waals surface area contributed by atoms with Crippen LogP contribution in [0.2, 0.25) is 0 Å². The van der Waals surface area contributed by atoms with Crippen molar-refractivity contribution < 1.29 is 9.47 Å². The highest BCUT2D eigenvalue weighted by atomic mass is 79.9. The molecule has 1 heterocycles. The molecule has 54 heavy (non-hydrogen) atoms. The van der Waals surface area contributed by atoms with E-state index in [1.54, 1.807) is 0 Å².